The molecule has 0 aliphatic heterocycles. The summed E-state index contributed by atoms with van der Waals surface area (Å²) in [5.74, 6) is -0.334. The third-order valence-electron chi connectivity index (χ3n) is 5.16. The number of amides is 1. The van der Waals surface area contributed by atoms with Crippen molar-refractivity contribution in [1.82, 2.24) is 10.7 Å². The maximum atomic E-state index is 13.3. The molecule has 8 heteroatoms. The van der Waals surface area contributed by atoms with Gasteiger partial charge in [0, 0.05) is 36.2 Å². The van der Waals surface area contributed by atoms with Gasteiger partial charge in [0.25, 0.3) is 0 Å². The van der Waals surface area contributed by atoms with Gasteiger partial charge < -0.3 is 16.5 Å². The molecule has 0 aromatic heterocycles. The van der Waals surface area contributed by atoms with Gasteiger partial charge >= 0.3 is 0 Å². The molecule has 2 aliphatic carbocycles. The Kier molecular flexibility index (Phi) is 9.95. The predicted octanol–water partition coefficient (Wildman–Crippen LogP) is 3.98. The number of aliphatic imine (C=N–C) groups is 1. The zero-order valence-corrected chi connectivity index (χ0v) is 19.1. The van der Waals surface area contributed by atoms with Gasteiger partial charge in [-0.05, 0) is 55.2 Å². The molecule has 2 rings (SSSR count). The first-order chi connectivity index (χ1) is 15.8. The Balaban J connectivity index is 2.01. The minimum atomic E-state index is -0.348. The van der Waals surface area contributed by atoms with E-state index in [-0.39, 0.29) is 29.6 Å². The van der Waals surface area contributed by atoms with E-state index in [0.29, 0.717) is 29.1 Å². The van der Waals surface area contributed by atoms with Crippen LogP contribution in [0.25, 0.3) is 0 Å². The number of rotatable bonds is 9. The molecule has 0 radical (unpaired) electrons. The van der Waals surface area contributed by atoms with Crippen molar-refractivity contribution >= 4 is 24.6 Å². The molecular formula is C25H31FN6O. The van der Waals surface area contributed by atoms with Gasteiger partial charge in [-0.1, -0.05) is 32.1 Å². The lowest BCUT2D eigenvalue weighted by Crippen LogP contribution is -2.38. The highest BCUT2D eigenvalue weighted by atomic mass is 19.1. The van der Waals surface area contributed by atoms with Crippen molar-refractivity contribution in [2.75, 3.05) is 0 Å². The molecule has 5 N–H and O–H groups in total. The Morgan fingerprint density at radius 1 is 1.24 bits per heavy atom. The fourth-order valence-electron chi connectivity index (χ4n) is 3.24. The second-order valence-corrected chi connectivity index (χ2v) is 7.85. The van der Waals surface area contributed by atoms with Crippen molar-refractivity contribution in [2.45, 2.75) is 33.2 Å². The molecule has 0 saturated carbocycles. The van der Waals surface area contributed by atoms with E-state index in [4.69, 9.17) is 11.1 Å². The first kappa shape index (κ1) is 25.5. The normalized spacial score (nSPS) is 22.1. The van der Waals surface area contributed by atoms with Gasteiger partial charge in [0.05, 0.1) is 17.6 Å². The van der Waals surface area contributed by atoms with E-state index in [0.717, 1.165) is 6.21 Å². The topological polar surface area (TPSA) is 116 Å². The molecule has 0 heterocycles. The number of nitrogens with two attached hydrogens (primary N) is 1. The van der Waals surface area contributed by atoms with Crippen LogP contribution >= 0.6 is 0 Å². The zero-order valence-electron chi connectivity index (χ0n) is 19.1. The molecule has 0 bridgehead atoms. The maximum absolute atomic E-state index is 13.3. The maximum Gasteiger partial charge on any atom is 0.249 e. The van der Waals surface area contributed by atoms with Crippen LogP contribution < -0.4 is 16.5 Å². The van der Waals surface area contributed by atoms with Crippen molar-refractivity contribution < 1.29 is 9.18 Å². The summed E-state index contributed by atoms with van der Waals surface area (Å²) >= 11 is 0. The number of carbonyl (C=O) groups is 1. The van der Waals surface area contributed by atoms with Crippen LogP contribution in [-0.4, -0.2) is 30.6 Å². The number of hydrogen-bond donors (Lipinski definition) is 4. The van der Waals surface area contributed by atoms with E-state index >= 15 is 0 Å². The molecule has 1 amide bonds. The third-order valence-corrected chi connectivity index (χ3v) is 5.16. The lowest BCUT2D eigenvalue weighted by Gasteiger charge is -2.27. The van der Waals surface area contributed by atoms with Crippen LogP contribution in [0.15, 0.2) is 93.3 Å². The highest BCUT2D eigenvalue weighted by molar-refractivity contribution is 6.14. The van der Waals surface area contributed by atoms with Gasteiger partial charge in [-0.25, -0.2) is 4.39 Å². The van der Waals surface area contributed by atoms with Crippen LogP contribution in [0, 0.1) is 17.2 Å². The minimum Gasteiger partial charge on any atom is -0.402 e. The van der Waals surface area contributed by atoms with E-state index in [2.05, 4.69) is 27.8 Å². The number of halogens is 1. The predicted molar refractivity (Wildman–Crippen MR) is 133 cm³/mol. The highest BCUT2D eigenvalue weighted by Crippen LogP contribution is 2.29. The largest absolute Gasteiger partial charge is 0.402 e. The average Bonchev–Trinajstić information content (AvgIpc) is 2.75. The highest BCUT2D eigenvalue weighted by Gasteiger charge is 2.28. The van der Waals surface area contributed by atoms with Crippen molar-refractivity contribution in [1.29, 1.82) is 5.41 Å². The number of carbonyl (C=O) groups excluding carboxylic acids is 1. The van der Waals surface area contributed by atoms with Gasteiger partial charge in [0.1, 0.15) is 5.83 Å². The molecule has 2 aliphatic rings. The van der Waals surface area contributed by atoms with Gasteiger partial charge in [0.15, 0.2) is 0 Å². The van der Waals surface area contributed by atoms with Crippen LogP contribution in [-0.2, 0) is 4.79 Å². The number of hydrogen-bond acceptors (Lipinski definition) is 6. The molecule has 3 atom stereocenters. The fraction of sp³-hybridized carbons (Fsp3) is 0.280. The second kappa shape index (κ2) is 12.9. The Labute approximate surface area is 194 Å². The molecular weight excluding hydrogens is 419 g/mol. The summed E-state index contributed by atoms with van der Waals surface area (Å²) in [5.41, 5.74) is 11.3. The monoisotopic (exact) mass is 450 g/mol. The smallest absolute Gasteiger partial charge is 0.249 e. The summed E-state index contributed by atoms with van der Waals surface area (Å²) in [7, 11) is 0. The number of hydrazone groups is 1. The van der Waals surface area contributed by atoms with Crippen molar-refractivity contribution in [3.05, 3.63) is 83.2 Å². The van der Waals surface area contributed by atoms with E-state index in [9.17, 15) is 9.18 Å². The summed E-state index contributed by atoms with van der Waals surface area (Å²) in [5, 5.41) is 14.0. The standard InChI is InChI=1S/C25H31FN6O/c1-17-8-11-23(32-30-15-13-27)24(19(17)3)25(33)31-18(2)16-21(28)12-14-29-22-7-5-4-6-20(26)9-10-22/h4-15,17-19,27,32H,16,28H2,1-3H3,(H,31,33)/b5-4?,6-4?,7-5?,10-9?,20-6?,20-9?,21-12?,22-7?,22-10?,27-13?,29-14?,30-15-. The Bertz CT molecular complexity index is 1010. The van der Waals surface area contributed by atoms with Crippen LogP contribution in [0.5, 0.6) is 0 Å². The van der Waals surface area contributed by atoms with Crippen LogP contribution in [0.3, 0.4) is 0 Å². The van der Waals surface area contributed by atoms with Gasteiger partial charge in [-0.15, -0.1) is 0 Å². The first-order valence-electron chi connectivity index (χ1n) is 10.7. The van der Waals surface area contributed by atoms with Crippen LogP contribution in [0.2, 0.25) is 0 Å². The summed E-state index contributed by atoms with van der Waals surface area (Å²) in [6.45, 7) is 5.93. The Hall–Kier alpha value is -3.81. The van der Waals surface area contributed by atoms with Crippen molar-refractivity contribution in [2.24, 2.45) is 27.7 Å². The van der Waals surface area contributed by atoms with Gasteiger partial charge in [-0.3, -0.25) is 15.2 Å². The quantitative estimate of drug-likeness (QED) is 0.314. The molecule has 174 valence electrons. The van der Waals surface area contributed by atoms with E-state index in [1.165, 1.54) is 18.4 Å². The Morgan fingerprint density at radius 3 is 2.76 bits per heavy atom. The van der Waals surface area contributed by atoms with Crippen molar-refractivity contribution in [3.8, 4) is 0 Å². The zero-order chi connectivity index (χ0) is 24.2. The van der Waals surface area contributed by atoms with Crippen LogP contribution in [0.1, 0.15) is 27.2 Å². The molecule has 0 aromatic carbocycles. The molecule has 3 unspecified atom stereocenters. The molecule has 0 aromatic rings. The van der Waals surface area contributed by atoms with E-state index in [1.807, 2.05) is 26.0 Å². The molecule has 0 saturated heterocycles. The summed E-state index contributed by atoms with van der Waals surface area (Å²) < 4.78 is 13.3. The summed E-state index contributed by atoms with van der Waals surface area (Å²) in [4.78, 5) is 17.3. The van der Waals surface area contributed by atoms with E-state index in [1.54, 1.807) is 36.6 Å². The average molecular weight is 451 g/mol. The molecule has 7 nitrogen and oxygen atoms in total. The summed E-state index contributed by atoms with van der Waals surface area (Å²) in [6.07, 6.45) is 19.2. The number of nitrogens with zero attached hydrogens (tertiary/aromatic N) is 2. The lowest BCUT2D eigenvalue weighted by molar-refractivity contribution is -0.118. The van der Waals surface area contributed by atoms with Crippen LogP contribution in [0.4, 0.5) is 4.39 Å². The first-order valence-corrected chi connectivity index (χ1v) is 10.7. The minimum absolute atomic E-state index is 0.00117. The Morgan fingerprint density at radius 2 is 2.00 bits per heavy atom. The lowest BCUT2D eigenvalue weighted by atomic mass is 9.83. The number of allylic oxidation sites excluding steroid dienone is 10. The fourth-order valence-corrected chi connectivity index (χ4v) is 3.24. The second-order valence-electron chi connectivity index (χ2n) is 7.85. The van der Waals surface area contributed by atoms with Gasteiger partial charge in [0.2, 0.25) is 5.91 Å². The molecule has 33 heavy (non-hydrogen) atoms. The van der Waals surface area contributed by atoms with E-state index < -0.39 is 0 Å². The van der Waals surface area contributed by atoms with Crippen molar-refractivity contribution in [3.63, 3.8) is 0 Å². The molecule has 0 spiro atoms. The number of nitrogens with one attached hydrogen (secondary N) is 3. The SMILES string of the molecule is CC(CC(N)=CC=NC1=CC=CC=C(F)C=C1)NC(=O)C1=C(N/N=C\C=N)C=CC(C)C1C. The van der Waals surface area contributed by atoms with Gasteiger partial charge in [-0.2, -0.15) is 5.10 Å². The summed E-state index contributed by atoms with van der Waals surface area (Å²) in [6, 6.07) is -0.211. The third kappa shape index (κ3) is 8.33. The molecule has 0 fully saturated rings.